The number of carbonyl (C=O) groups excluding carboxylic acids is 1. The molecule has 0 radical (unpaired) electrons. The maximum atomic E-state index is 12.8. The van der Waals surface area contributed by atoms with E-state index >= 15 is 0 Å². The summed E-state index contributed by atoms with van der Waals surface area (Å²) in [4.78, 5) is 12.8. The van der Waals surface area contributed by atoms with E-state index in [1.54, 1.807) is 18.2 Å². The Kier molecular flexibility index (Phi) is 3.21. The zero-order valence-electron chi connectivity index (χ0n) is 13.5. The molecule has 0 aromatic heterocycles. The van der Waals surface area contributed by atoms with Crippen LogP contribution in [0.3, 0.4) is 0 Å². The average molecular weight is 401 g/mol. The van der Waals surface area contributed by atoms with Crippen molar-refractivity contribution in [3.8, 4) is 23.0 Å². The lowest BCUT2D eigenvalue weighted by Crippen LogP contribution is -2.33. The molecule has 1 spiro atoms. The second kappa shape index (κ2) is 5.31. The molecule has 2 aliphatic rings. The Morgan fingerprint density at radius 2 is 1.37 bits per heavy atom. The molecule has 0 unspecified atom stereocenters. The highest BCUT2D eigenvalue weighted by molar-refractivity contribution is 6.37. The number of esters is 1. The maximum Gasteiger partial charge on any atom is 0.341 e. The molecule has 2 N–H and O–H groups in total. The van der Waals surface area contributed by atoms with Gasteiger partial charge >= 0.3 is 5.97 Å². The minimum absolute atomic E-state index is 0.0192. The predicted octanol–water partition coefficient (Wildman–Crippen LogP) is 4.97. The van der Waals surface area contributed by atoms with Crippen LogP contribution in [0.2, 0.25) is 10.0 Å². The number of aromatic hydroxyl groups is 2. The lowest BCUT2D eigenvalue weighted by molar-refractivity contribution is 0.0224. The van der Waals surface area contributed by atoms with Crippen molar-refractivity contribution in [3.05, 3.63) is 80.8 Å². The summed E-state index contributed by atoms with van der Waals surface area (Å²) in [5.74, 6) is -0.0875. The van der Waals surface area contributed by atoms with Crippen molar-refractivity contribution < 1.29 is 24.5 Å². The molecular formula is C20H10Cl2O5. The standard InChI is InChI=1S/C20H10Cl2O5/c21-13-5-6-14(22)18-17(13)19(25)27-20(18)11-3-1-9(23)7-15(11)26-16-8-10(24)2-4-12(16)20/h1-8,23-24H. The van der Waals surface area contributed by atoms with Crippen LogP contribution in [0.5, 0.6) is 23.0 Å². The van der Waals surface area contributed by atoms with Crippen LogP contribution in [-0.2, 0) is 10.3 Å². The molecule has 3 aromatic rings. The second-order valence-electron chi connectivity index (χ2n) is 6.31. The number of ether oxygens (including phenoxy) is 2. The lowest BCUT2D eigenvalue weighted by atomic mass is 9.77. The highest BCUT2D eigenvalue weighted by atomic mass is 35.5. The first-order valence-corrected chi connectivity index (χ1v) is 8.74. The number of hydrogen-bond acceptors (Lipinski definition) is 5. The summed E-state index contributed by atoms with van der Waals surface area (Å²) < 4.78 is 11.8. The van der Waals surface area contributed by atoms with Crippen LogP contribution in [0.1, 0.15) is 27.0 Å². The quantitative estimate of drug-likeness (QED) is 0.520. The van der Waals surface area contributed by atoms with Crippen LogP contribution >= 0.6 is 23.2 Å². The fraction of sp³-hybridized carbons (Fsp3) is 0.0500. The highest BCUT2D eigenvalue weighted by Gasteiger charge is 2.55. The first-order chi connectivity index (χ1) is 12.9. The Morgan fingerprint density at radius 3 is 1.96 bits per heavy atom. The van der Waals surface area contributed by atoms with E-state index in [1.165, 1.54) is 30.3 Å². The third kappa shape index (κ3) is 2.04. The van der Waals surface area contributed by atoms with E-state index in [9.17, 15) is 15.0 Å². The molecule has 0 atom stereocenters. The van der Waals surface area contributed by atoms with Gasteiger partial charge in [0.05, 0.1) is 10.6 Å². The number of phenolic OH excluding ortho intramolecular Hbond substituents is 2. The first kappa shape index (κ1) is 16.3. The number of phenols is 2. The number of halogens is 2. The molecule has 0 saturated carbocycles. The molecule has 27 heavy (non-hydrogen) atoms. The number of hydrogen-bond donors (Lipinski definition) is 2. The van der Waals surface area contributed by atoms with Gasteiger partial charge in [-0.15, -0.1) is 0 Å². The Morgan fingerprint density at radius 1 is 0.815 bits per heavy atom. The fourth-order valence-corrected chi connectivity index (χ4v) is 4.28. The molecule has 3 aromatic carbocycles. The van der Waals surface area contributed by atoms with Gasteiger partial charge < -0.3 is 19.7 Å². The Balaban J connectivity index is 1.95. The van der Waals surface area contributed by atoms with E-state index < -0.39 is 11.6 Å². The minimum atomic E-state index is -1.40. The molecule has 0 saturated heterocycles. The topological polar surface area (TPSA) is 76.0 Å². The summed E-state index contributed by atoms with van der Waals surface area (Å²) >= 11 is 12.8. The van der Waals surface area contributed by atoms with E-state index in [2.05, 4.69) is 0 Å². The largest absolute Gasteiger partial charge is 0.508 e. The van der Waals surface area contributed by atoms with E-state index in [0.717, 1.165) is 0 Å². The van der Waals surface area contributed by atoms with Crippen molar-refractivity contribution in [3.63, 3.8) is 0 Å². The van der Waals surface area contributed by atoms with Crippen molar-refractivity contribution in [2.24, 2.45) is 0 Å². The Hall–Kier alpha value is -2.89. The molecule has 2 heterocycles. The molecule has 0 fully saturated rings. The smallest absolute Gasteiger partial charge is 0.341 e. The van der Waals surface area contributed by atoms with Crippen molar-refractivity contribution in [1.82, 2.24) is 0 Å². The van der Waals surface area contributed by atoms with Crippen LogP contribution in [0.4, 0.5) is 0 Å². The van der Waals surface area contributed by atoms with Gasteiger partial charge in [-0.3, -0.25) is 0 Å². The number of rotatable bonds is 0. The molecule has 7 heteroatoms. The summed E-state index contributed by atoms with van der Waals surface area (Å²) in [6, 6.07) is 12.1. The molecule has 0 bridgehead atoms. The molecule has 134 valence electrons. The summed E-state index contributed by atoms with van der Waals surface area (Å²) in [7, 11) is 0. The molecule has 2 aliphatic heterocycles. The van der Waals surface area contributed by atoms with E-state index in [0.29, 0.717) is 21.7 Å². The number of carbonyl (C=O) groups is 1. The molecule has 5 rings (SSSR count). The highest BCUT2D eigenvalue weighted by Crippen LogP contribution is 2.59. The summed E-state index contributed by atoms with van der Waals surface area (Å²) in [6.45, 7) is 0. The SMILES string of the molecule is O=C1OC2(c3ccc(O)cc3Oc3cc(O)ccc32)c2c(Cl)ccc(Cl)c21. The van der Waals surface area contributed by atoms with Crippen LogP contribution in [0.25, 0.3) is 0 Å². The van der Waals surface area contributed by atoms with Gasteiger partial charge in [0.2, 0.25) is 0 Å². The summed E-state index contributed by atoms with van der Waals surface area (Å²) in [5.41, 5.74) is 0.177. The Bertz CT molecular complexity index is 1100. The van der Waals surface area contributed by atoms with Gasteiger partial charge in [0.15, 0.2) is 5.60 Å². The van der Waals surface area contributed by atoms with Crippen molar-refractivity contribution >= 4 is 29.2 Å². The normalized spacial score (nSPS) is 15.6. The van der Waals surface area contributed by atoms with Gasteiger partial charge in [0.25, 0.3) is 0 Å². The second-order valence-corrected chi connectivity index (χ2v) is 7.13. The monoisotopic (exact) mass is 400 g/mol. The van der Waals surface area contributed by atoms with Crippen LogP contribution < -0.4 is 4.74 Å². The van der Waals surface area contributed by atoms with Crippen LogP contribution in [-0.4, -0.2) is 16.2 Å². The zero-order chi connectivity index (χ0) is 18.9. The van der Waals surface area contributed by atoms with Gasteiger partial charge in [-0.05, 0) is 36.4 Å². The van der Waals surface area contributed by atoms with Crippen molar-refractivity contribution in [1.29, 1.82) is 0 Å². The van der Waals surface area contributed by atoms with Crippen molar-refractivity contribution in [2.75, 3.05) is 0 Å². The minimum Gasteiger partial charge on any atom is -0.508 e. The van der Waals surface area contributed by atoms with Crippen LogP contribution in [0.15, 0.2) is 48.5 Å². The van der Waals surface area contributed by atoms with Gasteiger partial charge in [-0.25, -0.2) is 4.79 Å². The predicted molar refractivity (Wildman–Crippen MR) is 98.0 cm³/mol. The number of fused-ring (bicyclic) bond motifs is 6. The summed E-state index contributed by atoms with van der Waals surface area (Å²) in [6.07, 6.45) is 0. The third-order valence-electron chi connectivity index (χ3n) is 4.81. The number of benzene rings is 3. The molecular weight excluding hydrogens is 391 g/mol. The van der Waals surface area contributed by atoms with Gasteiger partial charge in [0.1, 0.15) is 23.0 Å². The average Bonchev–Trinajstić information content (AvgIpc) is 2.93. The molecule has 5 nitrogen and oxygen atoms in total. The fourth-order valence-electron chi connectivity index (χ4n) is 3.75. The van der Waals surface area contributed by atoms with Gasteiger partial charge in [-0.2, -0.15) is 0 Å². The first-order valence-electron chi connectivity index (χ1n) is 7.98. The van der Waals surface area contributed by atoms with Gasteiger partial charge in [-0.1, -0.05) is 23.2 Å². The Labute approximate surface area is 163 Å². The lowest BCUT2D eigenvalue weighted by Gasteiger charge is -2.36. The third-order valence-corrected chi connectivity index (χ3v) is 5.44. The van der Waals surface area contributed by atoms with E-state index in [1.807, 2.05) is 0 Å². The van der Waals surface area contributed by atoms with E-state index in [4.69, 9.17) is 32.7 Å². The van der Waals surface area contributed by atoms with Crippen molar-refractivity contribution in [2.45, 2.75) is 5.60 Å². The maximum absolute atomic E-state index is 12.8. The van der Waals surface area contributed by atoms with Gasteiger partial charge in [0, 0.05) is 33.8 Å². The zero-order valence-corrected chi connectivity index (χ0v) is 15.0. The van der Waals surface area contributed by atoms with Crippen LogP contribution in [0, 0.1) is 0 Å². The van der Waals surface area contributed by atoms with E-state index in [-0.39, 0.29) is 33.6 Å². The molecule has 0 aliphatic carbocycles. The molecule has 0 amide bonds. The summed E-state index contributed by atoms with van der Waals surface area (Å²) in [5, 5.41) is 20.3.